The second kappa shape index (κ2) is 4.82. The third-order valence-corrected chi connectivity index (χ3v) is 4.71. The number of aromatic nitrogens is 3. The number of hydrogen-bond donors (Lipinski definition) is 1. The molecule has 3 aliphatic rings. The number of fused-ring (bicyclic) bond motifs is 4. The van der Waals surface area contributed by atoms with Crippen molar-refractivity contribution in [3.8, 4) is 0 Å². The highest BCUT2D eigenvalue weighted by atomic mass is 15.2. The van der Waals surface area contributed by atoms with Crippen LogP contribution in [0.5, 0.6) is 0 Å². The van der Waals surface area contributed by atoms with Crippen LogP contribution in [0.2, 0.25) is 0 Å². The second-order valence-corrected chi connectivity index (χ2v) is 6.18. The third-order valence-electron chi connectivity index (χ3n) is 4.71. The number of hydrogen-bond acceptors (Lipinski definition) is 4. The topological polar surface area (TPSA) is 45.5 Å². The Bertz CT molecular complexity index is 612. The highest BCUT2D eigenvalue weighted by molar-refractivity contribution is 5.38. The van der Waals surface area contributed by atoms with Gasteiger partial charge in [0.05, 0.1) is 5.69 Å². The lowest BCUT2D eigenvalue weighted by Gasteiger charge is -2.45. The smallest absolute Gasteiger partial charge is 0.155 e. The van der Waals surface area contributed by atoms with Crippen LogP contribution in [0.1, 0.15) is 24.1 Å². The Balaban J connectivity index is 1.45. The summed E-state index contributed by atoms with van der Waals surface area (Å²) in [6.07, 6.45) is 6.76. The Morgan fingerprint density at radius 1 is 1.35 bits per heavy atom. The molecule has 0 amide bonds. The van der Waals surface area contributed by atoms with Gasteiger partial charge in [-0.2, -0.15) is 5.10 Å². The first kappa shape index (κ1) is 12.3. The lowest BCUT2D eigenvalue weighted by atomic mass is 9.84. The predicted molar refractivity (Wildman–Crippen MR) is 77.5 cm³/mol. The summed E-state index contributed by atoms with van der Waals surface area (Å²) >= 11 is 0. The highest BCUT2D eigenvalue weighted by Gasteiger charge is 2.33. The molecule has 1 atom stereocenters. The van der Waals surface area contributed by atoms with Gasteiger partial charge < -0.3 is 10.2 Å². The van der Waals surface area contributed by atoms with Crippen molar-refractivity contribution in [1.82, 2.24) is 24.8 Å². The summed E-state index contributed by atoms with van der Waals surface area (Å²) in [6, 6.07) is 2.65. The van der Waals surface area contributed by atoms with E-state index in [4.69, 9.17) is 0 Å². The molecule has 0 radical (unpaired) electrons. The average Bonchev–Trinajstić information content (AvgIpc) is 2.85. The minimum absolute atomic E-state index is 0.646. The number of nitrogens with zero attached hydrogens (tertiary/aromatic N) is 4. The van der Waals surface area contributed by atoms with E-state index in [1.54, 1.807) is 0 Å². The maximum absolute atomic E-state index is 4.46. The molecule has 5 nitrogen and oxygen atoms in total. The fraction of sp³-hybridized carbons (Fsp3) is 0.600. The van der Waals surface area contributed by atoms with Crippen molar-refractivity contribution in [2.45, 2.75) is 32.4 Å². The molecule has 2 aromatic heterocycles. The summed E-state index contributed by atoms with van der Waals surface area (Å²) in [5.74, 6) is 0.864. The van der Waals surface area contributed by atoms with Crippen LogP contribution in [-0.2, 0) is 6.54 Å². The molecule has 20 heavy (non-hydrogen) atoms. The molecule has 5 heterocycles. The van der Waals surface area contributed by atoms with E-state index < -0.39 is 0 Å². The molecule has 106 valence electrons. The molecule has 0 spiro atoms. The van der Waals surface area contributed by atoms with E-state index in [1.807, 2.05) is 23.7 Å². The first-order chi connectivity index (χ1) is 9.78. The molecule has 0 aliphatic carbocycles. The van der Waals surface area contributed by atoms with Crippen molar-refractivity contribution >= 4 is 5.65 Å². The fourth-order valence-corrected chi connectivity index (χ4v) is 3.57. The maximum Gasteiger partial charge on any atom is 0.155 e. The Kier molecular flexibility index (Phi) is 2.97. The van der Waals surface area contributed by atoms with Crippen LogP contribution in [0, 0.1) is 12.8 Å². The van der Waals surface area contributed by atoms with Crippen LogP contribution in [0.25, 0.3) is 5.65 Å². The van der Waals surface area contributed by atoms with Gasteiger partial charge in [0.2, 0.25) is 0 Å². The zero-order valence-corrected chi connectivity index (χ0v) is 11.9. The van der Waals surface area contributed by atoms with E-state index >= 15 is 0 Å². The molecule has 5 rings (SSSR count). The van der Waals surface area contributed by atoms with Crippen LogP contribution in [0.4, 0.5) is 0 Å². The van der Waals surface area contributed by atoms with Gasteiger partial charge in [0, 0.05) is 43.2 Å². The van der Waals surface area contributed by atoms with E-state index in [-0.39, 0.29) is 0 Å². The lowest BCUT2D eigenvalue weighted by Crippen LogP contribution is -2.55. The summed E-state index contributed by atoms with van der Waals surface area (Å²) in [5.41, 5.74) is 3.14. The molecule has 0 saturated carbocycles. The van der Waals surface area contributed by atoms with E-state index in [0.717, 1.165) is 23.8 Å². The quantitative estimate of drug-likeness (QED) is 0.912. The zero-order valence-electron chi connectivity index (χ0n) is 11.9. The van der Waals surface area contributed by atoms with Crippen LogP contribution in [0.3, 0.4) is 0 Å². The third kappa shape index (κ3) is 2.21. The van der Waals surface area contributed by atoms with Gasteiger partial charge in [-0.15, -0.1) is 0 Å². The van der Waals surface area contributed by atoms with Crippen LogP contribution in [0.15, 0.2) is 18.5 Å². The van der Waals surface area contributed by atoms with Gasteiger partial charge in [0.15, 0.2) is 5.65 Å². The monoisotopic (exact) mass is 271 g/mol. The van der Waals surface area contributed by atoms with Gasteiger partial charge in [-0.05, 0) is 38.8 Å². The Hall–Kier alpha value is -1.46. The Morgan fingerprint density at radius 3 is 2.95 bits per heavy atom. The predicted octanol–water partition coefficient (Wildman–Crippen LogP) is 1.22. The molecule has 2 aromatic rings. The molecule has 0 aromatic carbocycles. The second-order valence-electron chi connectivity index (χ2n) is 6.18. The van der Waals surface area contributed by atoms with E-state index in [1.165, 1.54) is 38.0 Å². The number of rotatable bonds is 3. The number of aryl methyl sites for hydroxylation is 1. The average molecular weight is 271 g/mol. The van der Waals surface area contributed by atoms with Crippen molar-refractivity contribution in [2.75, 3.05) is 19.6 Å². The van der Waals surface area contributed by atoms with Crippen molar-refractivity contribution < 1.29 is 0 Å². The zero-order chi connectivity index (χ0) is 13.5. The normalized spacial score (nSPS) is 29.1. The summed E-state index contributed by atoms with van der Waals surface area (Å²) in [7, 11) is 0. The first-order valence-corrected chi connectivity index (χ1v) is 7.54. The van der Waals surface area contributed by atoms with E-state index in [9.17, 15) is 0 Å². The molecule has 1 N–H and O–H groups in total. The molecular formula is C15H21N5. The van der Waals surface area contributed by atoms with Gasteiger partial charge in [-0.1, -0.05) is 0 Å². The standard InChI is InChI=1S/C15H21N5/c1-11-6-15-17-8-12(9-20(15)18-11)7-16-14-10-19-4-2-13(14)3-5-19/h6,8-9,13-14,16H,2-5,7,10H2,1H3. The summed E-state index contributed by atoms with van der Waals surface area (Å²) < 4.78 is 1.88. The summed E-state index contributed by atoms with van der Waals surface area (Å²) in [6.45, 7) is 6.68. The maximum atomic E-state index is 4.46. The van der Waals surface area contributed by atoms with Crippen molar-refractivity contribution in [3.05, 3.63) is 29.7 Å². The molecule has 3 saturated heterocycles. The molecule has 3 fully saturated rings. The summed E-state index contributed by atoms with van der Waals surface area (Å²) in [4.78, 5) is 7.04. The minimum atomic E-state index is 0.646. The van der Waals surface area contributed by atoms with E-state index in [0.29, 0.717) is 6.04 Å². The minimum Gasteiger partial charge on any atom is -0.308 e. The van der Waals surface area contributed by atoms with Gasteiger partial charge in [-0.25, -0.2) is 9.50 Å². The number of piperidine rings is 3. The SMILES string of the molecule is Cc1cc2ncc(CNC3CN4CCC3CC4)cn2n1. The van der Waals surface area contributed by atoms with Gasteiger partial charge in [0.1, 0.15) is 0 Å². The lowest BCUT2D eigenvalue weighted by molar-refractivity contribution is 0.0720. The van der Waals surface area contributed by atoms with Crippen LogP contribution >= 0.6 is 0 Å². The fourth-order valence-electron chi connectivity index (χ4n) is 3.57. The highest BCUT2D eigenvalue weighted by Crippen LogP contribution is 2.27. The molecule has 1 unspecified atom stereocenters. The molecular weight excluding hydrogens is 250 g/mol. The molecule has 2 bridgehead atoms. The van der Waals surface area contributed by atoms with Crippen molar-refractivity contribution in [2.24, 2.45) is 5.92 Å². The van der Waals surface area contributed by atoms with Crippen LogP contribution in [-0.4, -0.2) is 45.2 Å². The molecule has 5 heteroatoms. The van der Waals surface area contributed by atoms with Crippen molar-refractivity contribution in [3.63, 3.8) is 0 Å². The first-order valence-electron chi connectivity index (χ1n) is 7.54. The van der Waals surface area contributed by atoms with Crippen LogP contribution < -0.4 is 5.32 Å². The van der Waals surface area contributed by atoms with Gasteiger partial charge in [0.25, 0.3) is 0 Å². The number of nitrogens with one attached hydrogen (secondary N) is 1. The molecule has 3 aliphatic heterocycles. The van der Waals surface area contributed by atoms with Gasteiger partial charge in [-0.3, -0.25) is 0 Å². The Labute approximate surface area is 119 Å². The van der Waals surface area contributed by atoms with E-state index in [2.05, 4.69) is 26.5 Å². The largest absolute Gasteiger partial charge is 0.308 e. The van der Waals surface area contributed by atoms with Crippen molar-refractivity contribution in [1.29, 1.82) is 0 Å². The summed E-state index contributed by atoms with van der Waals surface area (Å²) in [5, 5.41) is 8.14. The van der Waals surface area contributed by atoms with Gasteiger partial charge >= 0.3 is 0 Å². The Morgan fingerprint density at radius 2 is 2.20 bits per heavy atom.